The summed E-state index contributed by atoms with van der Waals surface area (Å²) in [6.45, 7) is 12.0. The van der Waals surface area contributed by atoms with E-state index in [0.29, 0.717) is 0 Å². The van der Waals surface area contributed by atoms with Crippen molar-refractivity contribution in [1.82, 2.24) is 4.98 Å². The predicted molar refractivity (Wildman–Crippen MR) is 128 cm³/mol. The number of rotatable bonds is 2. The van der Waals surface area contributed by atoms with Crippen molar-refractivity contribution in [1.29, 1.82) is 0 Å². The van der Waals surface area contributed by atoms with Crippen molar-refractivity contribution in [3.05, 3.63) is 52.2 Å². The zero-order valence-corrected chi connectivity index (χ0v) is 20.0. The van der Waals surface area contributed by atoms with Gasteiger partial charge in [0.2, 0.25) is 5.91 Å². The molecular weight excluding hydrogens is 423 g/mol. The van der Waals surface area contributed by atoms with Crippen LogP contribution in [0.4, 0.5) is 17.2 Å². The maximum absolute atomic E-state index is 12.0. The molecule has 3 heterocycles. The first-order valence-corrected chi connectivity index (χ1v) is 11.0. The summed E-state index contributed by atoms with van der Waals surface area (Å²) in [5.41, 5.74) is 7.72. The third-order valence-corrected chi connectivity index (χ3v) is 6.48. The van der Waals surface area contributed by atoms with Gasteiger partial charge in [-0.3, -0.25) is 14.9 Å². The van der Waals surface area contributed by atoms with Crippen LogP contribution in [0.1, 0.15) is 53.5 Å². The average Bonchev–Trinajstić information content (AvgIpc) is 2.95. The minimum Gasteiger partial charge on any atom is -0.399 e. The molecule has 0 saturated carbocycles. The lowest BCUT2D eigenvalue weighted by molar-refractivity contribution is -0.385. The highest BCUT2D eigenvalue weighted by atomic mass is 16.7. The summed E-state index contributed by atoms with van der Waals surface area (Å²) >= 11 is 0. The smallest absolute Gasteiger partial charge is 0.399 e. The van der Waals surface area contributed by atoms with E-state index in [1.807, 2.05) is 17.0 Å². The predicted octanol–water partition coefficient (Wildman–Crippen LogP) is 3.25. The van der Waals surface area contributed by atoms with Crippen molar-refractivity contribution in [3.63, 3.8) is 0 Å². The molecular formula is C23H31BN4O5. The Kier molecular flexibility index (Phi) is 6.81. The summed E-state index contributed by atoms with van der Waals surface area (Å²) in [5.74, 6) is 0.382. The number of nitrogen functional groups attached to an aromatic ring is 1. The van der Waals surface area contributed by atoms with Crippen LogP contribution in [0, 0.1) is 10.1 Å². The van der Waals surface area contributed by atoms with E-state index in [1.165, 1.54) is 17.7 Å². The summed E-state index contributed by atoms with van der Waals surface area (Å²) in [7, 11) is -0.351. The van der Waals surface area contributed by atoms with Gasteiger partial charge in [0.15, 0.2) is 0 Å². The molecule has 176 valence electrons. The lowest BCUT2D eigenvalue weighted by atomic mass is 9.77. The monoisotopic (exact) mass is 454 g/mol. The molecule has 1 fully saturated rings. The van der Waals surface area contributed by atoms with Crippen molar-refractivity contribution in [2.45, 2.75) is 71.6 Å². The third kappa shape index (κ3) is 5.17. The Morgan fingerprint density at radius 3 is 2.36 bits per heavy atom. The van der Waals surface area contributed by atoms with E-state index in [2.05, 4.69) is 45.7 Å². The van der Waals surface area contributed by atoms with Crippen LogP contribution in [0.3, 0.4) is 0 Å². The Hall–Kier alpha value is -2.98. The quantitative estimate of drug-likeness (QED) is 0.420. The molecule has 0 radical (unpaired) electrons. The first kappa shape index (κ1) is 24.7. The molecule has 2 aromatic rings. The van der Waals surface area contributed by atoms with Gasteiger partial charge in [-0.15, -0.1) is 0 Å². The fourth-order valence-corrected chi connectivity index (χ4v) is 3.88. The van der Waals surface area contributed by atoms with Crippen LogP contribution in [0.2, 0.25) is 0 Å². The first-order chi connectivity index (χ1) is 15.3. The molecule has 9 nitrogen and oxygen atoms in total. The summed E-state index contributed by atoms with van der Waals surface area (Å²) in [6.07, 6.45) is 3.09. The van der Waals surface area contributed by atoms with E-state index in [-0.39, 0.29) is 41.8 Å². The second-order valence-corrected chi connectivity index (χ2v) is 9.45. The number of nitrogens with two attached hydrogens (primary N) is 1. The van der Waals surface area contributed by atoms with E-state index in [9.17, 15) is 14.9 Å². The van der Waals surface area contributed by atoms with Crippen molar-refractivity contribution < 1.29 is 19.0 Å². The molecule has 1 aromatic carbocycles. The number of aromatic nitrogens is 1. The largest absolute Gasteiger partial charge is 0.494 e. The Labute approximate surface area is 194 Å². The standard InChI is InChI=1S/C18H26BNO3.C5H5N3O2/c1-12-7-8-14-11-15(9-10-16(14)20(12)13(2)21)19-22-17(3,4)18(5,6)23-19;6-5-2-1-4(3-7-5)8(9)10/h9-12H,7-8H2,1-6H3;1-3H,(H2,6,7)/t12-;/m0./s1. The fraction of sp³-hybridized carbons (Fsp3) is 0.478. The number of hydrogen-bond donors (Lipinski definition) is 1. The first-order valence-electron chi connectivity index (χ1n) is 11.0. The number of amides is 1. The van der Waals surface area contributed by atoms with Crippen LogP contribution in [0.15, 0.2) is 36.5 Å². The van der Waals surface area contributed by atoms with Gasteiger partial charge < -0.3 is 19.9 Å². The summed E-state index contributed by atoms with van der Waals surface area (Å²) < 4.78 is 12.3. The van der Waals surface area contributed by atoms with Gasteiger partial charge in [0.1, 0.15) is 12.0 Å². The number of nitro groups is 1. The van der Waals surface area contributed by atoms with Crippen molar-refractivity contribution >= 4 is 35.7 Å². The second kappa shape index (κ2) is 9.11. The van der Waals surface area contributed by atoms with E-state index in [4.69, 9.17) is 15.0 Å². The number of pyridine rings is 1. The van der Waals surface area contributed by atoms with E-state index < -0.39 is 4.92 Å². The molecule has 2 aliphatic rings. The molecule has 10 heteroatoms. The summed E-state index contributed by atoms with van der Waals surface area (Å²) in [6, 6.07) is 9.14. The summed E-state index contributed by atoms with van der Waals surface area (Å²) in [4.78, 5) is 26.9. The zero-order chi connectivity index (χ0) is 24.6. The number of carbonyl (C=O) groups is 1. The maximum atomic E-state index is 12.0. The van der Waals surface area contributed by atoms with Gasteiger partial charge in [0.25, 0.3) is 5.69 Å². The van der Waals surface area contributed by atoms with Gasteiger partial charge in [0.05, 0.1) is 16.1 Å². The Bertz CT molecular complexity index is 1030. The minimum absolute atomic E-state index is 0.0470. The molecule has 0 aliphatic carbocycles. The van der Waals surface area contributed by atoms with Crippen molar-refractivity contribution in [2.24, 2.45) is 0 Å². The van der Waals surface area contributed by atoms with Crippen LogP contribution in [0.5, 0.6) is 0 Å². The molecule has 1 aromatic heterocycles. The number of carbonyl (C=O) groups excluding carboxylic acids is 1. The average molecular weight is 454 g/mol. The molecule has 0 unspecified atom stereocenters. The van der Waals surface area contributed by atoms with Gasteiger partial charge in [-0.1, -0.05) is 12.1 Å². The number of hydrogen-bond acceptors (Lipinski definition) is 7. The van der Waals surface area contributed by atoms with E-state index in [0.717, 1.165) is 30.2 Å². The van der Waals surface area contributed by atoms with Gasteiger partial charge >= 0.3 is 7.12 Å². The zero-order valence-electron chi connectivity index (χ0n) is 20.0. The highest BCUT2D eigenvalue weighted by molar-refractivity contribution is 6.62. The molecule has 0 bridgehead atoms. The molecule has 1 amide bonds. The molecule has 4 rings (SSSR count). The molecule has 33 heavy (non-hydrogen) atoms. The van der Waals surface area contributed by atoms with Crippen LogP contribution < -0.4 is 16.1 Å². The van der Waals surface area contributed by atoms with Crippen LogP contribution in [0.25, 0.3) is 0 Å². The second-order valence-electron chi connectivity index (χ2n) is 9.45. The lowest BCUT2D eigenvalue weighted by Crippen LogP contribution is -2.42. The number of aryl methyl sites for hydroxylation is 1. The van der Waals surface area contributed by atoms with Crippen LogP contribution in [-0.2, 0) is 20.5 Å². The number of fused-ring (bicyclic) bond motifs is 1. The van der Waals surface area contributed by atoms with E-state index in [1.54, 1.807) is 6.92 Å². The normalized spacial score (nSPS) is 20.5. The topological polar surface area (TPSA) is 121 Å². The number of anilines is 2. The molecule has 2 N–H and O–H groups in total. The van der Waals surface area contributed by atoms with Gasteiger partial charge in [-0.05, 0) is 70.6 Å². The minimum atomic E-state index is -0.521. The van der Waals surface area contributed by atoms with Crippen LogP contribution >= 0.6 is 0 Å². The lowest BCUT2D eigenvalue weighted by Gasteiger charge is -2.35. The van der Waals surface area contributed by atoms with Crippen LogP contribution in [-0.4, -0.2) is 40.2 Å². The van der Waals surface area contributed by atoms with Crippen molar-refractivity contribution in [3.8, 4) is 0 Å². The molecule has 2 aliphatic heterocycles. The highest BCUT2D eigenvalue weighted by Crippen LogP contribution is 2.37. The van der Waals surface area contributed by atoms with Gasteiger partial charge in [-0.25, -0.2) is 4.98 Å². The molecule has 0 spiro atoms. The van der Waals surface area contributed by atoms with Crippen molar-refractivity contribution in [2.75, 3.05) is 10.6 Å². The van der Waals surface area contributed by atoms with Gasteiger partial charge in [-0.2, -0.15) is 0 Å². The number of benzene rings is 1. The SMILES string of the molecule is CC(=O)N1c2ccc(B3OC(C)(C)C(C)(C)O3)cc2CC[C@@H]1C.Nc1ccc([N+](=O)[O-])cn1. The summed E-state index contributed by atoms with van der Waals surface area (Å²) in [5, 5.41) is 10.0. The highest BCUT2D eigenvalue weighted by Gasteiger charge is 2.51. The molecule has 1 atom stereocenters. The Morgan fingerprint density at radius 2 is 1.85 bits per heavy atom. The maximum Gasteiger partial charge on any atom is 0.494 e. The Morgan fingerprint density at radius 1 is 1.21 bits per heavy atom. The van der Waals surface area contributed by atoms with Gasteiger partial charge in [0, 0.05) is 24.7 Å². The van der Waals surface area contributed by atoms with E-state index >= 15 is 0 Å². The molecule has 1 saturated heterocycles. The fourth-order valence-electron chi connectivity index (χ4n) is 3.88. The third-order valence-electron chi connectivity index (χ3n) is 6.48. The number of nitrogens with zero attached hydrogens (tertiary/aromatic N) is 3. The Balaban J connectivity index is 0.000000257.